The molecule has 1 aliphatic rings. The van der Waals surface area contributed by atoms with Gasteiger partial charge in [-0.1, -0.05) is 12.5 Å². The Morgan fingerprint density at radius 3 is 2.50 bits per heavy atom. The van der Waals surface area contributed by atoms with Crippen molar-refractivity contribution < 1.29 is 0 Å². The third-order valence-electron chi connectivity index (χ3n) is 4.06. The normalized spacial score (nSPS) is 19.9. The van der Waals surface area contributed by atoms with Crippen molar-refractivity contribution in [3.8, 4) is 0 Å². The molecule has 2 rings (SSSR count). The Hall–Kier alpha value is -1.02. The highest BCUT2D eigenvalue weighted by Gasteiger charge is 2.16. The van der Waals surface area contributed by atoms with Crippen molar-refractivity contribution >= 4 is 5.69 Å². The highest BCUT2D eigenvalue weighted by Crippen LogP contribution is 2.25. The summed E-state index contributed by atoms with van der Waals surface area (Å²) in [4.78, 5) is 2.24. The van der Waals surface area contributed by atoms with E-state index in [0.717, 1.165) is 6.42 Å². The molecule has 0 bridgehead atoms. The lowest BCUT2D eigenvalue weighted by molar-refractivity contribution is 0.399. The molecular formula is C16H26N2. The number of aryl methyl sites for hydroxylation is 2. The van der Waals surface area contributed by atoms with E-state index in [1.807, 2.05) is 0 Å². The Labute approximate surface area is 111 Å². The number of nitrogens with zero attached hydrogens (tertiary/aromatic N) is 1. The molecule has 1 fully saturated rings. The van der Waals surface area contributed by atoms with Gasteiger partial charge in [-0.15, -0.1) is 0 Å². The van der Waals surface area contributed by atoms with Crippen LogP contribution in [0.5, 0.6) is 0 Å². The van der Waals surface area contributed by atoms with Crippen molar-refractivity contribution in [1.82, 2.24) is 5.32 Å². The lowest BCUT2D eigenvalue weighted by Gasteiger charge is -2.26. The Balaban J connectivity index is 2.21. The zero-order valence-corrected chi connectivity index (χ0v) is 12.2. The molecule has 0 radical (unpaired) electrons. The van der Waals surface area contributed by atoms with E-state index in [0.29, 0.717) is 6.04 Å². The number of rotatable bonds is 3. The van der Waals surface area contributed by atoms with E-state index in [4.69, 9.17) is 0 Å². The van der Waals surface area contributed by atoms with Crippen LogP contribution in [0.4, 0.5) is 5.69 Å². The van der Waals surface area contributed by atoms with Crippen molar-refractivity contribution in [2.75, 3.05) is 25.5 Å². The highest BCUT2D eigenvalue weighted by atomic mass is 15.1. The average Bonchev–Trinajstić information content (AvgIpc) is 2.34. The second kappa shape index (κ2) is 5.75. The third kappa shape index (κ3) is 3.05. The maximum atomic E-state index is 3.65. The number of anilines is 1. The molecular weight excluding hydrogens is 220 g/mol. The molecule has 0 amide bonds. The summed E-state index contributed by atoms with van der Waals surface area (Å²) in [6.45, 7) is 5.60. The number of piperidine rings is 1. The van der Waals surface area contributed by atoms with Gasteiger partial charge >= 0.3 is 0 Å². The lowest BCUT2D eigenvalue weighted by Crippen LogP contribution is -2.36. The van der Waals surface area contributed by atoms with Crippen LogP contribution in [0.1, 0.15) is 36.0 Å². The van der Waals surface area contributed by atoms with Gasteiger partial charge in [0.1, 0.15) is 0 Å². The van der Waals surface area contributed by atoms with E-state index in [1.165, 1.54) is 48.2 Å². The van der Waals surface area contributed by atoms with E-state index in [9.17, 15) is 0 Å². The van der Waals surface area contributed by atoms with E-state index >= 15 is 0 Å². The van der Waals surface area contributed by atoms with Crippen LogP contribution in [0.2, 0.25) is 0 Å². The average molecular weight is 246 g/mol. The smallest absolute Gasteiger partial charge is 0.0397 e. The fraction of sp³-hybridized carbons (Fsp3) is 0.625. The molecule has 1 heterocycles. The predicted molar refractivity (Wildman–Crippen MR) is 79.6 cm³/mol. The van der Waals surface area contributed by atoms with Gasteiger partial charge in [-0.2, -0.15) is 0 Å². The molecule has 1 saturated heterocycles. The Morgan fingerprint density at radius 1 is 1.17 bits per heavy atom. The molecule has 2 nitrogen and oxygen atoms in total. The molecule has 1 unspecified atom stereocenters. The first kappa shape index (κ1) is 13.4. The third-order valence-corrected chi connectivity index (χ3v) is 4.06. The summed E-state index contributed by atoms with van der Waals surface area (Å²) < 4.78 is 0. The van der Waals surface area contributed by atoms with Crippen molar-refractivity contribution in [1.29, 1.82) is 0 Å². The minimum Gasteiger partial charge on any atom is -0.377 e. The van der Waals surface area contributed by atoms with Gasteiger partial charge in [0.15, 0.2) is 0 Å². The standard InChI is InChI=1S/C16H26N2/c1-12-9-14(11-15-7-5-6-8-17-15)16(18(3)4)10-13(12)2/h9-10,15,17H,5-8,11H2,1-4H3. The van der Waals surface area contributed by atoms with E-state index in [2.05, 4.69) is 50.3 Å². The van der Waals surface area contributed by atoms with Crippen molar-refractivity contribution in [2.24, 2.45) is 0 Å². The summed E-state index contributed by atoms with van der Waals surface area (Å²) in [5.74, 6) is 0. The van der Waals surface area contributed by atoms with Gasteiger partial charge in [0, 0.05) is 25.8 Å². The van der Waals surface area contributed by atoms with Gasteiger partial charge < -0.3 is 10.2 Å². The topological polar surface area (TPSA) is 15.3 Å². The first-order valence-electron chi connectivity index (χ1n) is 7.09. The fourth-order valence-corrected chi connectivity index (χ4v) is 2.80. The van der Waals surface area contributed by atoms with Gasteiger partial charge in [0.25, 0.3) is 0 Å². The fourth-order valence-electron chi connectivity index (χ4n) is 2.80. The summed E-state index contributed by atoms with van der Waals surface area (Å²) in [6.07, 6.45) is 5.19. The summed E-state index contributed by atoms with van der Waals surface area (Å²) in [6, 6.07) is 5.37. The van der Waals surface area contributed by atoms with Crippen molar-refractivity contribution in [3.05, 3.63) is 28.8 Å². The quantitative estimate of drug-likeness (QED) is 0.882. The SMILES string of the molecule is Cc1cc(CC2CCCCN2)c(N(C)C)cc1C. The molecule has 2 heteroatoms. The summed E-state index contributed by atoms with van der Waals surface area (Å²) in [5.41, 5.74) is 5.67. The van der Waals surface area contributed by atoms with Crippen LogP contribution in [0.15, 0.2) is 12.1 Å². The van der Waals surface area contributed by atoms with Gasteiger partial charge in [-0.25, -0.2) is 0 Å². The largest absolute Gasteiger partial charge is 0.377 e. The minimum atomic E-state index is 0.666. The zero-order valence-electron chi connectivity index (χ0n) is 12.2. The molecule has 0 spiro atoms. The molecule has 0 aliphatic carbocycles. The maximum Gasteiger partial charge on any atom is 0.0397 e. The molecule has 0 aromatic heterocycles. The first-order valence-corrected chi connectivity index (χ1v) is 7.09. The summed E-state index contributed by atoms with van der Waals surface area (Å²) in [7, 11) is 4.28. The molecule has 0 saturated carbocycles. The van der Waals surface area contributed by atoms with Crippen LogP contribution in [0, 0.1) is 13.8 Å². The Morgan fingerprint density at radius 2 is 1.89 bits per heavy atom. The first-order chi connectivity index (χ1) is 8.58. The summed E-state index contributed by atoms with van der Waals surface area (Å²) >= 11 is 0. The molecule has 1 aromatic rings. The number of hydrogen-bond donors (Lipinski definition) is 1. The number of benzene rings is 1. The van der Waals surface area contributed by atoms with Gasteiger partial charge in [0.05, 0.1) is 0 Å². The van der Waals surface area contributed by atoms with Crippen LogP contribution in [-0.2, 0) is 6.42 Å². The van der Waals surface area contributed by atoms with Crippen molar-refractivity contribution in [3.63, 3.8) is 0 Å². The Kier molecular flexibility index (Phi) is 4.28. The summed E-state index contributed by atoms with van der Waals surface area (Å²) in [5, 5.41) is 3.65. The second-order valence-corrected chi connectivity index (χ2v) is 5.81. The number of hydrogen-bond acceptors (Lipinski definition) is 2. The van der Waals surface area contributed by atoms with Crippen LogP contribution < -0.4 is 10.2 Å². The van der Waals surface area contributed by atoms with Crippen molar-refractivity contribution in [2.45, 2.75) is 45.6 Å². The molecule has 1 atom stereocenters. The maximum absolute atomic E-state index is 3.65. The molecule has 1 aliphatic heterocycles. The van der Waals surface area contributed by atoms with Gasteiger partial charge in [0.2, 0.25) is 0 Å². The van der Waals surface area contributed by atoms with E-state index in [-0.39, 0.29) is 0 Å². The predicted octanol–water partition coefficient (Wildman–Crippen LogP) is 3.05. The molecule has 1 N–H and O–H groups in total. The minimum absolute atomic E-state index is 0.666. The van der Waals surface area contributed by atoms with Crippen LogP contribution in [0.3, 0.4) is 0 Å². The lowest BCUT2D eigenvalue weighted by atomic mass is 9.94. The highest BCUT2D eigenvalue weighted by molar-refractivity contribution is 5.56. The van der Waals surface area contributed by atoms with E-state index in [1.54, 1.807) is 0 Å². The second-order valence-electron chi connectivity index (χ2n) is 5.81. The monoisotopic (exact) mass is 246 g/mol. The molecule has 100 valence electrons. The van der Waals surface area contributed by atoms with Gasteiger partial charge in [-0.05, 0) is 62.4 Å². The van der Waals surface area contributed by atoms with Crippen LogP contribution in [0.25, 0.3) is 0 Å². The van der Waals surface area contributed by atoms with E-state index < -0.39 is 0 Å². The van der Waals surface area contributed by atoms with Gasteiger partial charge in [-0.3, -0.25) is 0 Å². The Bertz CT molecular complexity index is 404. The van der Waals surface area contributed by atoms with Crippen LogP contribution in [-0.4, -0.2) is 26.7 Å². The van der Waals surface area contributed by atoms with Crippen LogP contribution >= 0.6 is 0 Å². The molecule has 18 heavy (non-hydrogen) atoms. The molecule has 1 aromatic carbocycles. The number of nitrogens with one attached hydrogen (secondary N) is 1. The zero-order chi connectivity index (χ0) is 13.1.